The lowest BCUT2D eigenvalue weighted by Gasteiger charge is -2.24. The maximum Gasteiger partial charge on any atom is 0.178 e. The molecular formula is C34H36N8. The van der Waals surface area contributed by atoms with Crippen molar-refractivity contribution in [2.45, 2.75) is 44.2 Å². The third-order valence-corrected chi connectivity index (χ3v) is 8.17. The third-order valence-electron chi connectivity index (χ3n) is 8.17. The van der Waals surface area contributed by atoms with E-state index in [1.54, 1.807) is 0 Å². The number of aromatic nitrogens is 4. The van der Waals surface area contributed by atoms with Crippen LogP contribution in [0.1, 0.15) is 58.1 Å². The second kappa shape index (κ2) is 12.8. The molecule has 6 N–H and O–H groups in total. The predicted molar refractivity (Wildman–Crippen MR) is 168 cm³/mol. The second-order valence-corrected chi connectivity index (χ2v) is 10.8. The SMILES string of the molecule is N=C/C(=C\NCc1ccc2c(c1)CCNC2)C(CCC(c1ccccc1)c1ccccc1)c1cc(N)nc2[nH]nnc12. The van der Waals surface area contributed by atoms with Crippen LogP contribution in [0.2, 0.25) is 0 Å². The summed E-state index contributed by atoms with van der Waals surface area (Å²) in [6, 6.07) is 29.8. The molecule has 3 aromatic carbocycles. The molecule has 3 heterocycles. The molecule has 0 fully saturated rings. The summed E-state index contributed by atoms with van der Waals surface area (Å²) in [7, 11) is 0. The smallest absolute Gasteiger partial charge is 0.178 e. The van der Waals surface area contributed by atoms with Gasteiger partial charge in [-0.15, -0.1) is 5.10 Å². The fourth-order valence-corrected chi connectivity index (χ4v) is 6.05. The summed E-state index contributed by atoms with van der Waals surface area (Å²) in [5, 5.41) is 26.6. The lowest BCUT2D eigenvalue weighted by molar-refractivity contribution is 0.614. The van der Waals surface area contributed by atoms with Crippen LogP contribution in [-0.2, 0) is 19.5 Å². The van der Waals surface area contributed by atoms with E-state index in [0.717, 1.165) is 43.5 Å². The van der Waals surface area contributed by atoms with Crippen molar-refractivity contribution >= 4 is 23.2 Å². The standard InChI is InChI=1S/C34H36N8/c35-19-28(22-38-20-23-11-12-27-21-37-16-15-26(27)17-23)30(31-18-32(36)39-34-33(31)40-42-41-34)14-13-29(24-7-3-1-4-8-24)25-9-5-2-6-10-25/h1-12,17-19,22,29-30,35,37-38H,13-16,20-21H2,(H3,36,39,40,41,42)/b28-22+,35-19?. The zero-order valence-corrected chi connectivity index (χ0v) is 23.6. The van der Waals surface area contributed by atoms with Crippen molar-refractivity contribution < 1.29 is 0 Å². The number of nitrogens with zero attached hydrogens (tertiary/aromatic N) is 3. The summed E-state index contributed by atoms with van der Waals surface area (Å²) in [5.41, 5.74) is 15.8. The van der Waals surface area contributed by atoms with Crippen LogP contribution in [0.15, 0.2) is 96.7 Å². The highest BCUT2D eigenvalue weighted by Gasteiger charge is 2.24. The molecule has 0 bridgehead atoms. The van der Waals surface area contributed by atoms with E-state index >= 15 is 0 Å². The Morgan fingerprint density at radius 1 is 0.952 bits per heavy atom. The molecular weight excluding hydrogens is 520 g/mol. The van der Waals surface area contributed by atoms with Crippen molar-refractivity contribution in [3.8, 4) is 0 Å². The minimum Gasteiger partial charge on any atom is -0.387 e. The van der Waals surface area contributed by atoms with Crippen molar-refractivity contribution in [2.75, 3.05) is 12.3 Å². The van der Waals surface area contributed by atoms with Crippen LogP contribution in [0.4, 0.5) is 5.82 Å². The van der Waals surface area contributed by atoms with Crippen molar-refractivity contribution in [2.24, 2.45) is 0 Å². The monoisotopic (exact) mass is 556 g/mol. The third kappa shape index (κ3) is 6.09. The average Bonchev–Trinajstić information content (AvgIpc) is 3.51. The Hall–Kier alpha value is -4.82. The maximum atomic E-state index is 8.46. The number of anilines is 1. The molecule has 8 heteroatoms. The quantitative estimate of drug-likeness (QED) is 0.135. The summed E-state index contributed by atoms with van der Waals surface area (Å²) in [6.07, 6.45) is 6.10. The molecule has 212 valence electrons. The molecule has 5 aromatic rings. The number of aromatic amines is 1. The van der Waals surface area contributed by atoms with Crippen LogP contribution in [0.5, 0.6) is 0 Å². The molecule has 0 saturated heterocycles. The highest BCUT2D eigenvalue weighted by Crippen LogP contribution is 2.37. The molecule has 6 rings (SSSR count). The lowest BCUT2D eigenvalue weighted by atomic mass is 9.81. The van der Waals surface area contributed by atoms with Crippen LogP contribution < -0.4 is 16.4 Å². The first-order valence-corrected chi connectivity index (χ1v) is 14.5. The van der Waals surface area contributed by atoms with Gasteiger partial charge in [0.15, 0.2) is 5.65 Å². The number of H-pyrrole nitrogens is 1. The van der Waals surface area contributed by atoms with Gasteiger partial charge in [-0.3, -0.25) is 0 Å². The van der Waals surface area contributed by atoms with Gasteiger partial charge in [-0.1, -0.05) is 84.1 Å². The van der Waals surface area contributed by atoms with E-state index in [1.165, 1.54) is 34.0 Å². The van der Waals surface area contributed by atoms with Crippen molar-refractivity contribution in [1.29, 1.82) is 5.41 Å². The van der Waals surface area contributed by atoms with Crippen molar-refractivity contribution in [3.63, 3.8) is 0 Å². The van der Waals surface area contributed by atoms with Gasteiger partial charge in [0.1, 0.15) is 11.3 Å². The van der Waals surface area contributed by atoms with Crippen molar-refractivity contribution in [1.82, 2.24) is 31.0 Å². The van der Waals surface area contributed by atoms with E-state index in [4.69, 9.17) is 11.1 Å². The van der Waals surface area contributed by atoms with Gasteiger partial charge in [-0.2, -0.15) is 0 Å². The van der Waals surface area contributed by atoms with E-state index < -0.39 is 0 Å². The fraction of sp³-hybridized carbons (Fsp3) is 0.235. The Morgan fingerprint density at radius 3 is 2.45 bits per heavy atom. The number of benzene rings is 3. The topological polar surface area (TPSA) is 128 Å². The van der Waals surface area contributed by atoms with Gasteiger partial charge in [0.05, 0.1) is 0 Å². The van der Waals surface area contributed by atoms with E-state index in [2.05, 4.69) is 110 Å². The zero-order chi connectivity index (χ0) is 28.7. The molecule has 8 nitrogen and oxygen atoms in total. The molecule has 0 saturated carbocycles. The van der Waals surface area contributed by atoms with Crippen molar-refractivity contribution in [3.05, 3.63) is 130 Å². The lowest BCUT2D eigenvalue weighted by Crippen LogP contribution is -2.23. The number of hydrogen-bond donors (Lipinski definition) is 5. The number of pyridine rings is 1. The second-order valence-electron chi connectivity index (χ2n) is 10.8. The van der Waals surface area contributed by atoms with Crippen LogP contribution in [0, 0.1) is 5.41 Å². The predicted octanol–water partition coefficient (Wildman–Crippen LogP) is 5.60. The first-order chi connectivity index (χ1) is 20.7. The Labute approximate surface area is 246 Å². The Balaban J connectivity index is 1.31. The van der Waals surface area contributed by atoms with Gasteiger partial charge in [0.25, 0.3) is 0 Å². The molecule has 42 heavy (non-hydrogen) atoms. The molecule has 1 atom stereocenters. The summed E-state index contributed by atoms with van der Waals surface area (Å²) in [5.74, 6) is 0.460. The van der Waals surface area contributed by atoms with Crippen LogP contribution in [0.25, 0.3) is 11.2 Å². The number of rotatable bonds is 11. The highest BCUT2D eigenvalue weighted by molar-refractivity contribution is 5.83. The van der Waals surface area contributed by atoms with Crippen LogP contribution in [-0.4, -0.2) is 33.2 Å². The van der Waals surface area contributed by atoms with E-state index in [1.807, 2.05) is 12.3 Å². The maximum absolute atomic E-state index is 8.46. The highest BCUT2D eigenvalue weighted by atomic mass is 15.3. The molecule has 0 aliphatic carbocycles. The molecule has 2 aromatic heterocycles. The van der Waals surface area contributed by atoms with E-state index in [0.29, 0.717) is 23.5 Å². The van der Waals surface area contributed by atoms with Gasteiger partial charge in [0.2, 0.25) is 0 Å². The molecule has 0 spiro atoms. The van der Waals surface area contributed by atoms with Crippen LogP contribution in [0.3, 0.4) is 0 Å². The summed E-state index contributed by atoms with van der Waals surface area (Å²) < 4.78 is 0. The summed E-state index contributed by atoms with van der Waals surface area (Å²) in [4.78, 5) is 4.39. The Morgan fingerprint density at radius 2 is 1.71 bits per heavy atom. The van der Waals surface area contributed by atoms with Crippen LogP contribution >= 0.6 is 0 Å². The Kier molecular flexibility index (Phi) is 8.33. The molecule has 1 aliphatic rings. The van der Waals surface area contributed by atoms with Gasteiger partial charge in [-0.25, -0.2) is 10.1 Å². The minimum atomic E-state index is -0.141. The normalized spacial score (nSPS) is 14.1. The number of allylic oxidation sites excluding steroid dienone is 1. The minimum absolute atomic E-state index is 0.141. The number of nitrogens with two attached hydrogens (primary N) is 1. The zero-order valence-electron chi connectivity index (χ0n) is 23.6. The number of nitrogen functional groups attached to an aromatic ring is 1. The van der Waals surface area contributed by atoms with Gasteiger partial charge in [0, 0.05) is 37.3 Å². The van der Waals surface area contributed by atoms with Gasteiger partial charge in [-0.05, 0) is 70.8 Å². The fourth-order valence-electron chi connectivity index (χ4n) is 6.05. The first-order valence-electron chi connectivity index (χ1n) is 14.5. The molecule has 1 unspecified atom stereocenters. The largest absolute Gasteiger partial charge is 0.387 e. The summed E-state index contributed by atoms with van der Waals surface area (Å²) in [6.45, 7) is 2.63. The molecule has 0 radical (unpaired) electrons. The first kappa shape index (κ1) is 27.4. The number of nitrogens with one attached hydrogen (secondary N) is 4. The average molecular weight is 557 g/mol. The van der Waals surface area contributed by atoms with Gasteiger partial charge < -0.3 is 21.8 Å². The van der Waals surface area contributed by atoms with E-state index in [-0.39, 0.29) is 11.8 Å². The number of fused-ring (bicyclic) bond motifs is 2. The Bertz CT molecular complexity index is 1640. The molecule has 0 amide bonds. The van der Waals surface area contributed by atoms with Gasteiger partial charge >= 0.3 is 0 Å². The number of hydrogen-bond acceptors (Lipinski definition) is 7. The molecule has 1 aliphatic heterocycles. The van der Waals surface area contributed by atoms with E-state index in [9.17, 15) is 0 Å². The summed E-state index contributed by atoms with van der Waals surface area (Å²) >= 11 is 0.